The summed E-state index contributed by atoms with van der Waals surface area (Å²) in [5.74, 6) is 1.65. The average molecular weight is 476 g/mol. The Morgan fingerprint density at radius 1 is 1.09 bits per heavy atom. The van der Waals surface area contributed by atoms with Crippen LogP contribution < -0.4 is 4.90 Å². The minimum Gasteiger partial charge on any atom is -0.372 e. The molecule has 2 unspecified atom stereocenters. The second-order valence-corrected chi connectivity index (χ2v) is 9.90. The molecule has 2 fully saturated rings. The highest BCUT2D eigenvalue weighted by Gasteiger charge is 2.26. The number of hydrogen-bond acceptors (Lipinski definition) is 7. The molecule has 3 heterocycles. The monoisotopic (exact) mass is 475 g/mol. The van der Waals surface area contributed by atoms with Gasteiger partial charge in [0, 0.05) is 56.7 Å². The number of halogens is 1. The molecular formula is C23H30ClN5O2S. The van der Waals surface area contributed by atoms with Crippen molar-refractivity contribution < 1.29 is 9.53 Å². The van der Waals surface area contributed by atoms with Crippen LogP contribution in [0.2, 0.25) is 5.15 Å². The van der Waals surface area contributed by atoms with Gasteiger partial charge >= 0.3 is 0 Å². The van der Waals surface area contributed by atoms with Crippen molar-refractivity contribution in [2.75, 3.05) is 51.2 Å². The molecule has 2 aromatic rings. The Morgan fingerprint density at radius 3 is 2.41 bits per heavy atom. The maximum absolute atomic E-state index is 12.8. The van der Waals surface area contributed by atoms with E-state index in [2.05, 4.69) is 21.8 Å². The topological polar surface area (TPSA) is 61.8 Å². The summed E-state index contributed by atoms with van der Waals surface area (Å²) in [6.07, 6.45) is 0.124. The predicted molar refractivity (Wildman–Crippen MR) is 129 cm³/mol. The first kappa shape index (κ1) is 23.3. The van der Waals surface area contributed by atoms with E-state index in [4.69, 9.17) is 21.3 Å². The SMILES string of the molecule is CC1CN(C(=O)c2ccc(CSc3nc(Cl)cc(N4CCN(C)CC4)n3)cc2)CC(C)O1. The minimum atomic E-state index is 0.0567. The van der Waals surface area contributed by atoms with Gasteiger partial charge in [-0.25, -0.2) is 9.97 Å². The molecule has 2 saturated heterocycles. The molecule has 172 valence electrons. The molecule has 1 amide bonds. The Kier molecular flexibility index (Phi) is 7.55. The van der Waals surface area contributed by atoms with Crippen LogP contribution in [-0.2, 0) is 10.5 Å². The lowest BCUT2D eigenvalue weighted by Crippen LogP contribution is -2.48. The van der Waals surface area contributed by atoms with Crippen molar-refractivity contribution in [1.29, 1.82) is 0 Å². The van der Waals surface area contributed by atoms with Crippen LogP contribution in [0.15, 0.2) is 35.5 Å². The Bertz CT molecular complexity index is 926. The van der Waals surface area contributed by atoms with Crippen LogP contribution in [0.1, 0.15) is 29.8 Å². The van der Waals surface area contributed by atoms with Gasteiger partial charge in [0.05, 0.1) is 12.2 Å². The number of piperazine rings is 1. The highest BCUT2D eigenvalue weighted by molar-refractivity contribution is 7.98. The van der Waals surface area contributed by atoms with Crippen molar-refractivity contribution in [2.24, 2.45) is 0 Å². The summed E-state index contributed by atoms with van der Waals surface area (Å²) in [6, 6.07) is 9.64. The smallest absolute Gasteiger partial charge is 0.254 e. The van der Waals surface area contributed by atoms with Crippen LogP contribution >= 0.6 is 23.4 Å². The molecule has 0 bridgehead atoms. The first-order valence-electron chi connectivity index (χ1n) is 11.0. The number of amides is 1. The minimum absolute atomic E-state index is 0.0567. The van der Waals surface area contributed by atoms with E-state index in [1.54, 1.807) is 11.8 Å². The zero-order valence-corrected chi connectivity index (χ0v) is 20.4. The third kappa shape index (κ3) is 5.92. The Labute approximate surface area is 199 Å². The van der Waals surface area contributed by atoms with E-state index in [9.17, 15) is 4.79 Å². The van der Waals surface area contributed by atoms with Gasteiger partial charge in [-0.3, -0.25) is 4.79 Å². The van der Waals surface area contributed by atoms with Gasteiger partial charge in [0.1, 0.15) is 11.0 Å². The molecule has 2 atom stereocenters. The number of ether oxygens (including phenoxy) is 1. The van der Waals surface area contributed by atoms with E-state index in [1.165, 1.54) is 0 Å². The zero-order chi connectivity index (χ0) is 22.7. The first-order valence-corrected chi connectivity index (χ1v) is 12.4. The van der Waals surface area contributed by atoms with Crippen LogP contribution in [0.3, 0.4) is 0 Å². The van der Waals surface area contributed by atoms with E-state index in [0.29, 0.717) is 34.7 Å². The summed E-state index contributed by atoms with van der Waals surface area (Å²) >= 11 is 7.83. The van der Waals surface area contributed by atoms with Gasteiger partial charge < -0.3 is 19.4 Å². The van der Waals surface area contributed by atoms with Gasteiger partial charge in [-0.15, -0.1) is 0 Å². The summed E-state index contributed by atoms with van der Waals surface area (Å²) in [7, 11) is 2.13. The van der Waals surface area contributed by atoms with E-state index in [0.717, 1.165) is 37.6 Å². The summed E-state index contributed by atoms with van der Waals surface area (Å²) in [5, 5.41) is 1.13. The van der Waals surface area contributed by atoms with Gasteiger partial charge in [0.2, 0.25) is 0 Å². The van der Waals surface area contributed by atoms with Crippen LogP contribution in [0, 0.1) is 0 Å². The van der Waals surface area contributed by atoms with Crippen molar-refractivity contribution in [1.82, 2.24) is 19.8 Å². The molecule has 1 aromatic carbocycles. The van der Waals surface area contributed by atoms with Crippen LogP contribution in [0.4, 0.5) is 5.82 Å². The number of carbonyl (C=O) groups is 1. The third-order valence-corrected chi connectivity index (χ3v) is 6.88. The Balaban J connectivity index is 1.36. The molecule has 7 nitrogen and oxygen atoms in total. The molecule has 9 heteroatoms. The van der Waals surface area contributed by atoms with Crippen molar-refractivity contribution in [2.45, 2.75) is 37.0 Å². The predicted octanol–water partition coefficient (Wildman–Crippen LogP) is 3.42. The lowest BCUT2D eigenvalue weighted by Gasteiger charge is -2.35. The molecule has 0 saturated carbocycles. The standard InChI is InChI=1S/C23H30ClN5O2S/c1-16-13-29(14-17(2)31-16)22(30)19-6-4-18(5-7-19)15-32-23-25-20(24)12-21(26-23)28-10-8-27(3)9-11-28/h4-7,12,16-17H,8-11,13-15H2,1-3H3. The van der Waals surface area contributed by atoms with Gasteiger partial charge in [0.25, 0.3) is 5.91 Å². The molecule has 0 aliphatic carbocycles. The number of carbonyl (C=O) groups excluding carboxylic acids is 1. The third-order valence-electron chi connectivity index (χ3n) is 5.76. The molecule has 32 heavy (non-hydrogen) atoms. The van der Waals surface area contributed by atoms with Gasteiger partial charge in [-0.2, -0.15) is 0 Å². The van der Waals surface area contributed by atoms with E-state index < -0.39 is 0 Å². The quantitative estimate of drug-likeness (QED) is 0.373. The number of morpholine rings is 1. The van der Waals surface area contributed by atoms with Crippen molar-refractivity contribution in [3.8, 4) is 0 Å². The first-order chi connectivity index (χ1) is 15.4. The maximum Gasteiger partial charge on any atom is 0.254 e. The fourth-order valence-corrected chi connectivity index (χ4v) is 5.10. The lowest BCUT2D eigenvalue weighted by atomic mass is 10.1. The normalized spacial score (nSPS) is 22.2. The summed E-state index contributed by atoms with van der Waals surface area (Å²) < 4.78 is 5.73. The fourth-order valence-electron chi connectivity index (χ4n) is 4.07. The highest BCUT2D eigenvalue weighted by Crippen LogP contribution is 2.25. The van der Waals surface area contributed by atoms with Crippen LogP contribution in [0.25, 0.3) is 0 Å². The fraction of sp³-hybridized carbons (Fsp3) is 0.522. The molecule has 0 spiro atoms. The Hall–Kier alpha value is -1.87. The van der Waals surface area contributed by atoms with E-state index in [-0.39, 0.29) is 18.1 Å². The number of nitrogens with zero attached hydrogens (tertiary/aromatic N) is 5. The van der Waals surface area contributed by atoms with Crippen molar-refractivity contribution in [3.63, 3.8) is 0 Å². The number of thioether (sulfide) groups is 1. The molecule has 1 aromatic heterocycles. The molecule has 4 rings (SSSR count). The van der Waals surface area contributed by atoms with Gasteiger partial charge in [-0.1, -0.05) is 35.5 Å². The average Bonchev–Trinajstić information content (AvgIpc) is 2.77. The van der Waals surface area contributed by atoms with Crippen molar-refractivity contribution in [3.05, 3.63) is 46.6 Å². The number of rotatable bonds is 5. The van der Waals surface area contributed by atoms with Crippen LogP contribution in [0.5, 0.6) is 0 Å². The number of anilines is 1. The molecule has 2 aliphatic heterocycles. The summed E-state index contributed by atoms with van der Waals surface area (Å²) in [4.78, 5) is 28.4. The zero-order valence-electron chi connectivity index (χ0n) is 18.8. The van der Waals surface area contributed by atoms with Crippen LogP contribution in [-0.4, -0.2) is 84.2 Å². The second-order valence-electron chi connectivity index (χ2n) is 8.57. The summed E-state index contributed by atoms with van der Waals surface area (Å²) in [5.41, 5.74) is 1.82. The number of aromatic nitrogens is 2. The van der Waals surface area contributed by atoms with Crippen molar-refractivity contribution >= 4 is 35.1 Å². The van der Waals surface area contributed by atoms with E-state index >= 15 is 0 Å². The van der Waals surface area contributed by atoms with Gasteiger partial charge in [0.15, 0.2) is 5.16 Å². The van der Waals surface area contributed by atoms with Gasteiger partial charge in [-0.05, 0) is 38.6 Å². The maximum atomic E-state index is 12.8. The number of benzene rings is 1. The number of hydrogen-bond donors (Lipinski definition) is 0. The lowest BCUT2D eigenvalue weighted by molar-refractivity contribution is -0.0586. The molecule has 2 aliphatic rings. The molecule has 0 N–H and O–H groups in total. The number of likely N-dealkylation sites (N-methyl/N-ethyl adjacent to an activating group) is 1. The Morgan fingerprint density at radius 2 is 1.75 bits per heavy atom. The van der Waals surface area contributed by atoms with E-state index in [1.807, 2.05) is 49.1 Å². The molecule has 0 radical (unpaired) electrons. The second kappa shape index (κ2) is 10.4. The summed E-state index contributed by atoms with van der Waals surface area (Å²) in [6.45, 7) is 9.15. The molecular weight excluding hydrogens is 446 g/mol. The largest absolute Gasteiger partial charge is 0.372 e. The highest BCUT2D eigenvalue weighted by atomic mass is 35.5.